The lowest BCUT2D eigenvalue weighted by atomic mass is 10.0. The summed E-state index contributed by atoms with van der Waals surface area (Å²) in [6.45, 7) is 6.74. The van der Waals surface area contributed by atoms with Crippen LogP contribution in [0.15, 0.2) is 18.2 Å². The van der Waals surface area contributed by atoms with Crippen LogP contribution in [-0.2, 0) is 4.79 Å². The average Bonchev–Trinajstić information content (AvgIpc) is 2.66. The Hall–Kier alpha value is -2.19. The van der Waals surface area contributed by atoms with Crippen molar-refractivity contribution in [3.8, 4) is 23.8 Å². The summed E-state index contributed by atoms with van der Waals surface area (Å²) in [5, 5.41) is 3.02. The molecule has 5 nitrogen and oxygen atoms in total. The molecule has 2 rings (SSSR count). The van der Waals surface area contributed by atoms with E-state index < -0.39 is 0 Å². The van der Waals surface area contributed by atoms with Crippen LogP contribution in [0.1, 0.15) is 46.0 Å². The molecule has 1 saturated heterocycles. The minimum atomic E-state index is -0.171. The highest BCUT2D eigenvalue weighted by molar-refractivity contribution is 5.95. The fourth-order valence-corrected chi connectivity index (χ4v) is 3.06. The number of likely N-dealkylation sites (tertiary alicyclic amines) is 1. The second kappa shape index (κ2) is 10.7. The monoisotopic (exact) mass is 358 g/mol. The number of carbonyl (C=O) groups is 1. The molecule has 1 aromatic rings. The minimum absolute atomic E-state index is 0.0105. The van der Waals surface area contributed by atoms with Crippen molar-refractivity contribution in [1.82, 2.24) is 4.90 Å². The topological polar surface area (TPSA) is 50.8 Å². The van der Waals surface area contributed by atoms with Crippen molar-refractivity contribution >= 4 is 11.6 Å². The van der Waals surface area contributed by atoms with E-state index in [-0.39, 0.29) is 11.9 Å². The van der Waals surface area contributed by atoms with Crippen LogP contribution >= 0.6 is 0 Å². The number of carbonyl (C=O) groups excluding carboxylic acids is 1. The molecule has 142 valence electrons. The van der Waals surface area contributed by atoms with Crippen molar-refractivity contribution in [3.05, 3.63) is 18.2 Å². The fourth-order valence-electron chi connectivity index (χ4n) is 3.06. The molecule has 0 spiro atoms. The molecule has 0 aliphatic carbocycles. The van der Waals surface area contributed by atoms with Gasteiger partial charge in [-0.3, -0.25) is 9.69 Å². The minimum Gasteiger partial charge on any atom is -0.490 e. The van der Waals surface area contributed by atoms with Gasteiger partial charge in [0, 0.05) is 11.8 Å². The Morgan fingerprint density at radius 1 is 1.23 bits per heavy atom. The second-order valence-corrected chi connectivity index (χ2v) is 6.53. The summed E-state index contributed by atoms with van der Waals surface area (Å²) in [5.74, 6) is 4.03. The third kappa shape index (κ3) is 5.67. The first-order valence-electron chi connectivity index (χ1n) is 9.57. The van der Waals surface area contributed by atoms with E-state index in [1.165, 1.54) is 0 Å². The fraction of sp³-hybridized carbons (Fsp3) is 0.571. The van der Waals surface area contributed by atoms with Crippen molar-refractivity contribution in [2.75, 3.05) is 31.6 Å². The van der Waals surface area contributed by atoms with Gasteiger partial charge in [-0.2, -0.15) is 0 Å². The van der Waals surface area contributed by atoms with E-state index in [0.717, 1.165) is 44.3 Å². The number of nitrogens with one attached hydrogen (secondary N) is 1. The number of hydrogen-bond acceptors (Lipinski definition) is 4. The van der Waals surface area contributed by atoms with E-state index in [4.69, 9.17) is 15.9 Å². The van der Waals surface area contributed by atoms with E-state index in [1.807, 2.05) is 18.2 Å². The van der Waals surface area contributed by atoms with E-state index in [2.05, 4.69) is 30.0 Å². The van der Waals surface area contributed by atoms with Gasteiger partial charge in [-0.05, 0) is 44.4 Å². The highest BCUT2D eigenvalue weighted by atomic mass is 16.5. The molecule has 1 fully saturated rings. The molecule has 5 heteroatoms. The number of hydrogen-bond donors (Lipinski definition) is 1. The summed E-state index contributed by atoms with van der Waals surface area (Å²) in [4.78, 5) is 14.8. The third-order valence-electron chi connectivity index (χ3n) is 4.35. The molecule has 0 aromatic heterocycles. The predicted molar refractivity (Wildman–Crippen MR) is 105 cm³/mol. The van der Waals surface area contributed by atoms with Crippen LogP contribution < -0.4 is 14.8 Å². The van der Waals surface area contributed by atoms with Crippen LogP contribution in [0.4, 0.5) is 5.69 Å². The molecular weight excluding hydrogens is 328 g/mol. The maximum absolute atomic E-state index is 12.7. The van der Waals surface area contributed by atoms with Gasteiger partial charge in [0.25, 0.3) is 0 Å². The summed E-state index contributed by atoms with van der Waals surface area (Å²) in [7, 11) is 0. The van der Waals surface area contributed by atoms with Gasteiger partial charge >= 0.3 is 0 Å². The Bertz CT molecular complexity index is 624. The maximum Gasteiger partial charge on any atom is 0.241 e. The van der Waals surface area contributed by atoms with E-state index in [0.29, 0.717) is 31.3 Å². The smallest absolute Gasteiger partial charge is 0.241 e. The average molecular weight is 358 g/mol. The molecule has 1 aliphatic heterocycles. The van der Waals surface area contributed by atoms with Gasteiger partial charge in [0.15, 0.2) is 11.5 Å². The van der Waals surface area contributed by atoms with Crippen LogP contribution in [0.5, 0.6) is 11.5 Å². The van der Waals surface area contributed by atoms with Crippen molar-refractivity contribution in [3.63, 3.8) is 0 Å². The summed E-state index contributed by atoms with van der Waals surface area (Å²) in [5.41, 5.74) is 0.719. The Morgan fingerprint density at radius 3 is 2.65 bits per heavy atom. The number of anilines is 1. The normalized spacial score (nSPS) is 17.3. The van der Waals surface area contributed by atoms with Crippen molar-refractivity contribution < 1.29 is 14.3 Å². The Labute approximate surface area is 157 Å². The first kappa shape index (κ1) is 20.1. The zero-order valence-corrected chi connectivity index (χ0v) is 15.9. The highest BCUT2D eigenvalue weighted by Crippen LogP contribution is 2.31. The molecule has 0 bridgehead atoms. The van der Waals surface area contributed by atoms with Crippen LogP contribution in [0, 0.1) is 12.3 Å². The zero-order chi connectivity index (χ0) is 18.8. The lowest BCUT2D eigenvalue weighted by Gasteiger charge is -2.33. The van der Waals surface area contributed by atoms with Crippen molar-refractivity contribution in [2.45, 2.75) is 52.0 Å². The Morgan fingerprint density at radius 2 is 1.96 bits per heavy atom. The van der Waals surface area contributed by atoms with E-state index in [1.54, 1.807) is 0 Å². The maximum atomic E-state index is 12.7. The quantitative estimate of drug-likeness (QED) is 0.684. The van der Waals surface area contributed by atoms with Crippen LogP contribution in [0.3, 0.4) is 0 Å². The SMILES string of the molecule is C#CCN1CCCCC1C(=O)Nc1ccc(OCCC)c(OCCC)c1. The van der Waals surface area contributed by atoms with Gasteiger partial charge < -0.3 is 14.8 Å². The largest absolute Gasteiger partial charge is 0.490 e. The zero-order valence-electron chi connectivity index (χ0n) is 15.9. The molecular formula is C21H30N2O3. The number of piperidine rings is 1. The van der Waals surface area contributed by atoms with Gasteiger partial charge in [0.1, 0.15) is 0 Å². The van der Waals surface area contributed by atoms with Crippen LogP contribution in [-0.4, -0.2) is 43.2 Å². The van der Waals surface area contributed by atoms with Gasteiger partial charge in [-0.25, -0.2) is 0 Å². The van der Waals surface area contributed by atoms with Gasteiger partial charge in [0.2, 0.25) is 5.91 Å². The molecule has 1 unspecified atom stereocenters. The molecule has 1 heterocycles. The van der Waals surface area contributed by atoms with Crippen LogP contribution in [0.25, 0.3) is 0 Å². The first-order valence-corrected chi connectivity index (χ1v) is 9.57. The third-order valence-corrected chi connectivity index (χ3v) is 4.35. The second-order valence-electron chi connectivity index (χ2n) is 6.53. The molecule has 1 atom stereocenters. The Balaban J connectivity index is 2.09. The molecule has 1 aromatic carbocycles. The molecule has 1 amide bonds. The highest BCUT2D eigenvalue weighted by Gasteiger charge is 2.28. The van der Waals surface area contributed by atoms with Gasteiger partial charge in [0.05, 0.1) is 25.8 Å². The predicted octanol–water partition coefficient (Wildman–Crippen LogP) is 3.69. The summed E-state index contributed by atoms with van der Waals surface area (Å²) >= 11 is 0. The summed E-state index contributed by atoms with van der Waals surface area (Å²) < 4.78 is 11.5. The standard InChI is InChI=1S/C21H30N2O3/c1-4-12-23-13-8-7-9-18(23)21(24)22-17-10-11-19(25-14-5-2)20(16-17)26-15-6-3/h1,10-11,16,18H,5-9,12-15H2,2-3H3,(H,22,24). The lowest BCUT2D eigenvalue weighted by molar-refractivity contribution is -0.122. The van der Waals surface area contributed by atoms with Gasteiger partial charge in [-0.1, -0.05) is 26.2 Å². The van der Waals surface area contributed by atoms with Crippen molar-refractivity contribution in [2.24, 2.45) is 0 Å². The number of ether oxygens (including phenoxy) is 2. The molecule has 26 heavy (non-hydrogen) atoms. The number of rotatable bonds is 9. The Kier molecular flexibility index (Phi) is 8.30. The molecule has 1 N–H and O–H groups in total. The number of terminal acetylenes is 1. The molecule has 0 radical (unpaired) electrons. The summed E-state index contributed by atoms with van der Waals surface area (Å²) in [6, 6.07) is 5.38. The van der Waals surface area contributed by atoms with Gasteiger partial charge in [-0.15, -0.1) is 6.42 Å². The van der Waals surface area contributed by atoms with E-state index in [9.17, 15) is 4.79 Å². The first-order chi connectivity index (χ1) is 12.7. The number of nitrogens with zero attached hydrogens (tertiary/aromatic N) is 1. The molecule has 1 aliphatic rings. The molecule has 0 saturated carbocycles. The number of benzene rings is 1. The summed E-state index contributed by atoms with van der Waals surface area (Å²) in [6.07, 6.45) is 10.3. The number of amides is 1. The van der Waals surface area contributed by atoms with Crippen LogP contribution in [0.2, 0.25) is 0 Å². The lowest BCUT2D eigenvalue weighted by Crippen LogP contribution is -2.47. The van der Waals surface area contributed by atoms with E-state index >= 15 is 0 Å². The van der Waals surface area contributed by atoms with Crippen molar-refractivity contribution in [1.29, 1.82) is 0 Å².